The zero-order chi connectivity index (χ0) is 22.4. The molecule has 0 N–H and O–H groups in total. The highest BCUT2D eigenvalue weighted by Gasteiger charge is 2.35. The van der Waals surface area contributed by atoms with E-state index in [2.05, 4.69) is 20.7 Å². The Balaban J connectivity index is 1.70. The Morgan fingerprint density at radius 3 is 2.68 bits per heavy atom. The molecular weight excluding hydrogens is 510 g/mol. The zero-order valence-electron chi connectivity index (χ0n) is 16.3. The fraction of sp³-hybridized carbons (Fsp3) is 0.190. The Kier molecular flexibility index (Phi) is 8.00. The highest BCUT2D eigenvalue weighted by molar-refractivity contribution is 9.10. The number of carbonyl (C=O) groups is 3. The molecular formula is C21H17BrClNO6S. The number of rotatable bonds is 8. The number of carbonyl (C=O) groups excluding carboxylic acids is 3. The van der Waals surface area contributed by atoms with Crippen molar-refractivity contribution in [3.63, 3.8) is 0 Å². The fourth-order valence-electron chi connectivity index (χ4n) is 2.60. The average Bonchev–Trinajstić information content (AvgIpc) is 3.01. The topological polar surface area (TPSA) is 82.1 Å². The fourth-order valence-corrected chi connectivity index (χ4v) is 4.03. The normalized spacial score (nSPS) is 14.8. The van der Waals surface area contributed by atoms with E-state index in [-0.39, 0.29) is 24.7 Å². The minimum absolute atomic E-state index is 0.0808. The van der Waals surface area contributed by atoms with E-state index in [9.17, 15) is 14.4 Å². The third kappa shape index (κ3) is 6.03. The lowest BCUT2D eigenvalue weighted by molar-refractivity contribution is -0.142. The number of thioether (sulfide) groups is 1. The number of imide groups is 1. The first-order valence-electron chi connectivity index (χ1n) is 9.01. The lowest BCUT2D eigenvalue weighted by Crippen LogP contribution is -2.32. The van der Waals surface area contributed by atoms with E-state index in [1.165, 1.54) is 7.11 Å². The van der Waals surface area contributed by atoms with Crippen LogP contribution in [0.15, 0.2) is 51.8 Å². The second-order valence-corrected chi connectivity index (χ2v) is 8.48. The van der Waals surface area contributed by atoms with Crippen LogP contribution in [-0.2, 0) is 14.3 Å². The first-order valence-corrected chi connectivity index (χ1v) is 11.0. The molecule has 1 fully saturated rings. The van der Waals surface area contributed by atoms with Crippen LogP contribution in [-0.4, -0.2) is 48.9 Å². The molecule has 0 radical (unpaired) electrons. The molecule has 1 aliphatic rings. The summed E-state index contributed by atoms with van der Waals surface area (Å²) in [6.45, 7) is -0.0866. The maximum absolute atomic E-state index is 12.7. The molecule has 0 saturated carbocycles. The molecule has 31 heavy (non-hydrogen) atoms. The maximum Gasteiger partial charge on any atom is 0.343 e. The van der Waals surface area contributed by atoms with Crippen LogP contribution in [0.2, 0.25) is 5.02 Å². The van der Waals surface area contributed by atoms with Crippen LogP contribution in [0.3, 0.4) is 0 Å². The van der Waals surface area contributed by atoms with Crippen LogP contribution in [0.5, 0.6) is 11.5 Å². The second kappa shape index (κ2) is 10.7. The molecule has 2 aromatic rings. The van der Waals surface area contributed by atoms with Gasteiger partial charge in [0.15, 0.2) is 6.61 Å². The van der Waals surface area contributed by atoms with E-state index in [4.69, 9.17) is 21.1 Å². The first kappa shape index (κ1) is 23.2. The van der Waals surface area contributed by atoms with Crippen molar-refractivity contribution >= 4 is 62.5 Å². The molecule has 1 heterocycles. The SMILES string of the molecule is COC(=O)COc1ccc(Br)cc1/C=C1\SC(=O)N(CCOc2ccccc2Cl)C1=O. The molecule has 7 nitrogen and oxygen atoms in total. The maximum atomic E-state index is 12.7. The van der Waals surface area contributed by atoms with Crippen molar-refractivity contribution in [2.45, 2.75) is 0 Å². The van der Waals surface area contributed by atoms with E-state index < -0.39 is 17.1 Å². The van der Waals surface area contributed by atoms with Crippen LogP contribution < -0.4 is 9.47 Å². The van der Waals surface area contributed by atoms with Gasteiger partial charge in [0.05, 0.1) is 23.6 Å². The quantitative estimate of drug-likeness (QED) is 0.362. The van der Waals surface area contributed by atoms with Crippen molar-refractivity contribution in [3.05, 3.63) is 62.4 Å². The Morgan fingerprint density at radius 2 is 1.94 bits per heavy atom. The van der Waals surface area contributed by atoms with Gasteiger partial charge in [0.1, 0.15) is 18.1 Å². The van der Waals surface area contributed by atoms with E-state index in [0.717, 1.165) is 21.1 Å². The van der Waals surface area contributed by atoms with Crippen molar-refractivity contribution in [2.24, 2.45) is 0 Å². The Morgan fingerprint density at radius 1 is 1.16 bits per heavy atom. The van der Waals surface area contributed by atoms with Gasteiger partial charge in [-0.25, -0.2) is 4.79 Å². The molecule has 0 bridgehead atoms. The standard InChI is InChI=1S/C21H17BrClNO6S/c1-28-19(25)12-30-16-7-6-14(22)10-13(16)11-18-20(26)24(21(27)31-18)8-9-29-17-5-3-2-4-15(17)23/h2-7,10-11H,8-9,12H2,1H3/b18-11-. The number of nitrogens with zero attached hydrogens (tertiary/aromatic N) is 1. The summed E-state index contributed by atoms with van der Waals surface area (Å²) in [5, 5.41) is 0.0525. The average molecular weight is 527 g/mol. The van der Waals surface area contributed by atoms with Crippen LogP contribution in [0.1, 0.15) is 5.56 Å². The third-order valence-electron chi connectivity index (χ3n) is 4.11. The predicted molar refractivity (Wildman–Crippen MR) is 121 cm³/mol. The zero-order valence-corrected chi connectivity index (χ0v) is 19.5. The van der Waals surface area contributed by atoms with Crippen LogP contribution in [0, 0.1) is 0 Å². The highest BCUT2D eigenvalue weighted by atomic mass is 79.9. The third-order valence-corrected chi connectivity index (χ3v) is 5.83. The minimum atomic E-state index is -0.535. The summed E-state index contributed by atoms with van der Waals surface area (Å²) in [5.41, 5.74) is 0.538. The molecule has 1 saturated heterocycles. The summed E-state index contributed by atoms with van der Waals surface area (Å²) in [6.07, 6.45) is 1.55. The number of esters is 1. The van der Waals surface area contributed by atoms with Crippen molar-refractivity contribution in [3.8, 4) is 11.5 Å². The summed E-state index contributed by atoms with van der Waals surface area (Å²) >= 11 is 10.2. The van der Waals surface area contributed by atoms with Gasteiger partial charge < -0.3 is 14.2 Å². The monoisotopic (exact) mass is 525 g/mol. The Labute approximate surface area is 196 Å². The number of halogens is 2. The van der Waals surface area contributed by atoms with Gasteiger partial charge in [-0.2, -0.15) is 0 Å². The lowest BCUT2D eigenvalue weighted by atomic mass is 10.2. The van der Waals surface area contributed by atoms with Gasteiger partial charge in [0.2, 0.25) is 0 Å². The smallest absolute Gasteiger partial charge is 0.343 e. The second-order valence-electron chi connectivity index (χ2n) is 6.16. The molecule has 0 aromatic heterocycles. The van der Waals surface area contributed by atoms with Crippen molar-refractivity contribution < 1.29 is 28.6 Å². The molecule has 3 rings (SSSR count). The number of para-hydroxylation sites is 1. The molecule has 162 valence electrons. The van der Waals surface area contributed by atoms with Gasteiger partial charge in [-0.3, -0.25) is 14.5 Å². The summed E-state index contributed by atoms with van der Waals surface area (Å²) in [4.78, 5) is 37.8. The molecule has 0 unspecified atom stereocenters. The van der Waals surface area contributed by atoms with Gasteiger partial charge in [-0.15, -0.1) is 0 Å². The predicted octanol–water partition coefficient (Wildman–Crippen LogP) is 4.77. The van der Waals surface area contributed by atoms with Crippen LogP contribution in [0.25, 0.3) is 6.08 Å². The summed E-state index contributed by atoms with van der Waals surface area (Å²) in [7, 11) is 1.26. The van der Waals surface area contributed by atoms with Crippen molar-refractivity contribution in [2.75, 3.05) is 26.9 Å². The number of hydrogen-bond donors (Lipinski definition) is 0. The highest BCUT2D eigenvalue weighted by Crippen LogP contribution is 2.35. The van der Waals surface area contributed by atoms with Crippen LogP contribution >= 0.6 is 39.3 Å². The summed E-state index contributed by atoms with van der Waals surface area (Å²) < 4.78 is 16.4. The minimum Gasteiger partial charge on any atom is -0.490 e. The number of ether oxygens (including phenoxy) is 3. The van der Waals surface area contributed by atoms with Crippen LogP contribution in [0.4, 0.5) is 4.79 Å². The van der Waals surface area contributed by atoms with Gasteiger partial charge in [0.25, 0.3) is 11.1 Å². The Hall–Kier alpha value is -2.49. The molecule has 2 amide bonds. The van der Waals surface area contributed by atoms with Crippen molar-refractivity contribution in [1.29, 1.82) is 0 Å². The summed E-state index contributed by atoms with van der Waals surface area (Å²) in [6, 6.07) is 12.1. The molecule has 0 spiro atoms. The number of methoxy groups -OCH3 is 1. The van der Waals surface area contributed by atoms with E-state index in [0.29, 0.717) is 22.1 Å². The summed E-state index contributed by atoms with van der Waals surface area (Å²) in [5.74, 6) is -0.111. The molecule has 0 aliphatic carbocycles. The van der Waals surface area contributed by atoms with Gasteiger partial charge >= 0.3 is 5.97 Å². The Bertz CT molecular complexity index is 1040. The molecule has 1 aliphatic heterocycles. The number of hydrogen-bond acceptors (Lipinski definition) is 7. The van der Waals surface area contributed by atoms with E-state index >= 15 is 0 Å². The number of benzene rings is 2. The van der Waals surface area contributed by atoms with Crippen molar-refractivity contribution in [1.82, 2.24) is 4.90 Å². The van der Waals surface area contributed by atoms with Gasteiger partial charge in [-0.05, 0) is 48.2 Å². The molecule has 10 heteroatoms. The molecule has 0 atom stereocenters. The van der Waals surface area contributed by atoms with E-state index in [1.54, 1.807) is 48.5 Å². The lowest BCUT2D eigenvalue weighted by Gasteiger charge is -2.14. The number of amides is 2. The largest absolute Gasteiger partial charge is 0.490 e. The van der Waals surface area contributed by atoms with E-state index in [1.807, 2.05) is 0 Å². The van der Waals surface area contributed by atoms with Gasteiger partial charge in [0, 0.05) is 10.0 Å². The van der Waals surface area contributed by atoms with Gasteiger partial charge in [-0.1, -0.05) is 39.7 Å². The molecule has 2 aromatic carbocycles. The first-order chi connectivity index (χ1) is 14.9.